The molecule has 6 nitrogen and oxygen atoms in total. The first-order chi connectivity index (χ1) is 17.4. The maximum Gasteiger partial charge on any atom is 0.297 e. The van der Waals surface area contributed by atoms with Gasteiger partial charge in [-0.05, 0) is 40.6 Å². The quantitative estimate of drug-likeness (QED) is 0.169. The summed E-state index contributed by atoms with van der Waals surface area (Å²) in [5.74, 6) is 0. The first-order valence-electron chi connectivity index (χ1n) is 12.5. The molecule has 0 aliphatic rings. The molecule has 0 aliphatic carbocycles. The van der Waals surface area contributed by atoms with Crippen LogP contribution in [0.15, 0.2) is 70.5 Å². The Morgan fingerprint density at radius 2 is 1.08 bits per heavy atom. The molecule has 0 radical (unpaired) electrons. The van der Waals surface area contributed by atoms with E-state index in [-0.39, 0.29) is 27.5 Å². The van der Waals surface area contributed by atoms with Crippen molar-refractivity contribution in [2.75, 3.05) is 6.61 Å². The summed E-state index contributed by atoms with van der Waals surface area (Å²) >= 11 is 0. The highest BCUT2D eigenvalue weighted by molar-refractivity contribution is 7.87. The van der Waals surface area contributed by atoms with Crippen LogP contribution in [0.3, 0.4) is 0 Å². The minimum atomic E-state index is -4.71. The van der Waals surface area contributed by atoms with Crippen molar-refractivity contribution in [1.29, 1.82) is 0 Å². The van der Waals surface area contributed by atoms with Crippen molar-refractivity contribution in [2.45, 2.75) is 56.0 Å². The van der Waals surface area contributed by atoms with Gasteiger partial charge >= 0.3 is 0 Å². The van der Waals surface area contributed by atoms with E-state index in [1.165, 1.54) is 22.5 Å². The molecular formula is C28H34O6S2Si2. The van der Waals surface area contributed by atoms with Gasteiger partial charge < -0.3 is 0 Å². The van der Waals surface area contributed by atoms with E-state index in [4.69, 9.17) is 4.18 Å². The Hall–Kier alpha value is -2.35. The van der Waals surface area contributed by atoms with E-state index in [1.807, 2.05) is 36.4 Å². The molecule has 0 aromatic heterocycles. The minimum absolute atomic E-state index is 0.0748. The third kappa shape index (κ3) is 5.38. The van der Waals surface area contributed by atoms with Crippen molar-refractivity contribution in [3.63, 3.8) is 0 Å². The molecule has 0 amide bonds. The van der Waals surface area contributed by atoms with Crippen LogP contribution in [0.1, 0.15) is 6.92 Å². The summed E-state index contributed by atoms with van der Waals surface area (Å²) in [6, 6.07) is 17.9. The molecule has 0 fully saturated rings. The molecule has 0 heterocycles. The Morgan fingerprint density at radius 3 is 1.47 bits per heavy atom. The van der Waals surface area contributed by atoms with Crippen LogP contribution in [0.2, 0.25) is 39.3 Å². The van der Waals surface area contributed by atoms with Crippen LogP contribution in [0.4, 0.5) is 0 Å². The van der Waals surface area contributed by atoms with Gasteiger partial charge in [-0.1, -0.05) is 98.2 Å². The van der Waals surface area contributed by atoms with Crippen LogP contribution in [0.5, 0.6) is 0 Å². The second-order valence-electron chi connectivity index (χ2n) is 11.6. The Kier molecular flexibility index (Phi) is 7.30. The Balaban J connectivity index is 2.25. The average Bonchev–Trinajstić information content (AvgIpc) is 2.80. The van der Waals surface area contributed by atoms with E-state index in [0.29, 0.717) is 10.8 Å². The number of hydrogen-bond donors (Lipinski definition) is 1. The second kappa shape index (κ2) is 9.69. The van der Waals surface area contributed by atoms with E-state index >= 15 is 0 Å². The molecule has 0 saturated heterocycles. The summed E-state index contributed by atoms with van der Waals surface area (Å²) in [7, 11) is -12.3. The van der Waals surface area contributed by atoms with Gasteiger partial charge in [0.25, 0.3) is 20.2 Å². The first-order valence-corrected chi connectivity index (χ1v) is 22.3. The fourth-order valence-electron chi connectivity index (χ4n) is 4.71. The predicted octanol–water partition coefficient (Wildman–Crippen LogP) is 5.72. The average molecular weight is 587 g/mol. The second-order valence-corrected chi connectivity index (χ2v) is 24.7. The lowest BCUT2D eigenvalue weighted by Crippen LogP contribution is -2.37. The molecule has 0 aliphatic heterocycles. The third-order valence-corrected chi connectivity index (χ3v) is 13.2. The lowest BCUT2D eigenvalue weighted by atomic mass is 9.93. The zero-order valence-electron chi connectivity index (χ0n) is 22.8. The van der Waals surface area contributed by atoms with Gasteiger partial charge in [-0.25, -0.2) is 0 Å². The van der Waals surface area contributed by atoms with Crippen molar-refractivity contribution >= 4 is 68.3 Å². The fourth-order valence-corrected chi connectivity index (χ4v) is 8.90. The van der Waals surface area contributed by atoms with Gasteiger partial charge in [-0.15, -0.1) is 0 Å². The zero-order valence-corrected chi connectivity index (χ0v) is 26.4. The molecule has 202 valence electrons. The summed E-state index contributed by atoms with van der Waals surface area (Å²) in [4.78, 5) is -0.486. The number of benzene rings is 4. The van der Waals surface area contributed by atoms with Crippen LogP contribution in [-0.2, 0) is 24.4 Å². The molecule has 0 saturated carbocycles. The summed E-state index contributed by atoms with van der Waals surface area (Å²) in [5.41, 5.74) is 0.355. The van der Waals surface area contributed by atoms with Crippen LogP contribution in [0.25, 0.3) is 32.7 Å². The molecule has 4 aromatic carbocycles. The number of rotatable bonds is 7. The topological polar surface area (TPSA) is 97.7 Å². The normalized spacial score (nSPS) is 13.4. The van der Waals surface area contributed by atoms with Gasteiger partial charge in [-0.3, -0.25) is 8.74 Å². The van der Waals surface area contributed by atoms with Gasteiger partial charge in [0.2, 0.25) is 0 Å². The smallest absolute Gasteiger partial charge is 0.282 e. The summed E-state index contributed by atoms with van der Waals surface area (Å²) in [6.45, 7) is 14.8. The van der Waals surface area contributed by atoms with Gasteiger partial charge in [-0.2, -0.15) is 16.8 Å². The summed E-state index contributed by atoms with van der Waals surface area (Å²) < 4.78 is 67.6. The highest BCUT2D eigenvalue weighted by Gasteiger charge is 2.29. The van der Waals surface area contributed by atoms with Crippen molar-refractivity contribution < 1.29 is 25.6 Å². The summed E-state index contributed by atoms with van der Waals surface area (Å²) in [6.07, 6.45) is 0. The predicted molar refractivity (Wildman–Crippen MR) is 161 cm³/mol. The number of fused-ring (bicyclic) bond motifs is 2. The minimum Gasteiger partial charge on any atom is -0.282 e. The SMILES string of the molecule is CCOS(=O)(=O)c1ccc2cc([Si](C)(C)C)ccc2c1-c1c(S(=O)(=O)O)ccc2cc([Si](C)(C)C)ccc12. The monoisotopic (exact) mass is 586 g/mol. The molecule has 4 aromatic rings. The van der Waals surface area contributed by atoms with E-state index in [1.54, 1.807) is 19.1 Å². The van der Waals surface area contributed by atoms with Crippen LogP contribution in [0, 0.1) is 0 Å². The maximum atomic E-state index is 13.4. The van der Waals surface area contributed by atoms with Crippen molar-refractivity contribution in [3.05, 3.63) is 60.7 Å². The van der Waals surface area contributed by atoms with Crippen LogP contribution in [-0.4, -0.2) is 44.1 Å². The molecular weight excluding hydrogens is 553 g/mol. The lowest BCUT2D eigenvalue weighted by Gasteiger charge is -2.22. The Morgan fingerprint density at radius 1 is 0.658 bits per heavy atom. The molecule has 1 N–H and O–H groups in total. The van der Waals surface area contributed by atoms with Crippen molar-refractivity contribution in [3.8, 4) is 11.1 Å². The largest absolute Gasteiger partial charge is 0.297 e. The highest BCUT2D eigenvalue weighted by Crippen LogP contribution is 2.42. The van der Waals surface area contributed by atoms with E-state index in [2.05, 4.69) is 39.3 Å². The molecule has 4 rings (SSSR count). The van der Waals surface area contributed by atoms with Gasteiger partial charge in [0.05, 0.1) is 22.8 Å². The first kappa shape index (κ1) is 28.7. The van der Waals surface area contributed by atoms with Crippen LogP contribution >= 0.6 is 0 Å². The molecule has 0 spiro atoms. The van der Waals surface area contributed by atoms with E-state index in [0.717, 1.165) is 10.8 Å². The van der Waals surface area contributed by atoms with Crippen molar-refractivity contribution in [2.24, 2.45) is 0 Å². The van der Waals surface area contributed by atoms with Crippen molar-refractivity contribution in [1.82, 2.24) is 0 Å². The van der Waals surface area contributed by atoms with E-state index < -0.39 is 36.4 Å². The highest BCUT2D eigenvalue weighted by atomic mass is 32.2. The fraction of sp³-hybridized carbons (Fsp3) is 0.286. The van der Waals surface area contributed by atoms with E-state index in [9.17, 15) is 21.4 Å². The molecule has 0 atom stereocenters. The zero-order chi connectivity index (χ0) is 28.3. The van der Waals surface area contributed by atoms with Gasteiger partial charge in [0, 0.05) is 11.1 Å². The number of hydrogen-bond acceptors (Lipinski definition) is 5. The van der Waals surface area contributed by atoms with Crippen LogP contribution < -0.4 is 10.4 Å². The van der Waals surface area contributed by atoms with Gasteiger partial charge in [0.15, 0.2) is 0 Å². The molecule has 38 heavy (non-hydrogen) atoms. The molecule has 0 bridgehead atoms. The maximum absolute atomic E-state index is 13.4. The Labute approximate surface area is 227 Å². The third-order valence-electron chi connectivity index (χ3n) is 6.77. The molecule has 0 unspecified atom stereocenters. The van der Waals surface area contributed by atoms with Gasteiger partial charge in [0.1, 0.15) is 9.79 Å². The Bertz CT molecular complexity index is 1780. The lowest BCUT2D eigenvalue weighted by molar-refractivity contribution is 0.338. The standard InChI is InChI=1S/C28H34O6S2Si2/c1-8-34-36(32,33)26-16-10-20-18-22(38(5,6)7)12-14-24(20)28(26)27-23-13-11-21(37(2,3)4)17-19(23)9-15-25(27)35(29,30)31/h9-18H,8H2,1-7H3,(H,29,30,31). The summed E-state index contributed by atoms with van der Waals surface area (Å²) in [5, 5.41) is 5.02. The molecule has 10 heteroatoms.